The van der Waals surface area contributed by atoms with Crippen molar-refractivity contribution in [2.24, 2.45) is 0 Å². The molecule has 0 radical (unpaired) electrons. The second-order valence-corrected chi connectivity index (χ2v) is 6.70. The van der Waals surface area contributed by atoms with Gasteiger partial charge in [0.2, 0.25) is 5.91 Å². The molecule has 1 aliphatic rings. The molecule has 0 bridgehead atoms. The summed E-state index contributed by atoms with van der Waals surface area (Å²) >= 11 is 6.00. The quantitative estimate of drug-likeness (QED) is 0.777. The van der Waals surface area contributed by atoms with Gasteiger partial charge in [0.05, 0.1) is 31.9 Å². The van der Waals surface area contributed by atoms with E-state index in [2.05, 4.69) is 5.32 Å². The summed E-state index contributed by atoms with van der Waals surface area (Å²) in [7, 11) is 2.78. The van der Waals surface area contributed by atoms with Crippen LogP contribution in [0.1, 0.15) is 22.3 Å². The fourth-order valence-electron chi connectivity index (χ4n) is 3.05. The molecule has 2 aromatic rings. The Morgan fingerprint density at radius 3 is 2.68 bits per heavy atom. The Labute approximate surface area is 167 Å². The van der Waals surface area contributed by atoms with Gasteiger partial charge in [-0.3, -0.25) is 14.4 Å². The van der Waals surface area contributed by atoms with Crippen LogP contribution < -0.4 is 10.1 Å². The summed E-state index contributed by atoms with van der Waals surface area (Å²) in [6.45, 7) is 0.118. The molecule has 1 heterocycles. The molecule has 146 valence electrons. The highest BCUT2D eigenvalue weighted by Gasteiger charge is 2.37. The molecule has 1 N–H and O–H groups in total. The fourth-order valence-corrected chi connectivity index (χ4v) is 3.23. The molecule has 0 spiro atoms. The standard InChI is InChI=1S/C20H19ClN2O5/c1-27-14-5-3-4-12(8-14)11-23-17(10-18(24)28-2)19(25)22-16-9-13(21)6-7-15(16)20(23)26/h3-9,17H,10-11H2,1-2H3,(H,22,25)/t17-/m0/s1. The van der Waals surface area contributed by atoms with E-state index in [4.69, 9.17) is 21.1 Å². The number of benzene rings is 2. The highest BCUT2D eigenvalue weighted by Crippen LogP contribution is 2.29. The van der Waals surface area contributed by atoms with Gasteiger partial charge >= 0.3 is 5.97 Å². The molecular weight excluding hydrogens is 384 g/mol. The van der Waals surface area contributed by atoms with E-state index in [1.807, 2.05) is 6.07 Å². The second-order valence-electron chi connectivity index (χ2n) is 6.26. The first-order valence-corrected chi connectivity index (χ1v) is 8.92. The third kappa shape index (κ3) is 4.09. The van der Waals surface area contributed by atoms with Gasteiger partial charge in [-0.25, -0.2) is 0 Å². The molecule has 1 atom stereocenters. The molecule has 3 rings (SSSR count). The fraction of sp³-hybridized carbons (Fsp3) is 0.250. The van der Waals surface area contributed by atoms with Crippen molar-refractivity contribution in [2.75, 3.05) is 19.5 Å². The predicted octanol–water partition coefficient (Wildman–Crippen LogP) is 2.87. The van der Waals surface area contributed by atoms with Crippen LogP contribution in [0.25, 0.3) is 0 Å². The van der Waals surface area contributed by atoms with Crippen molar-refractivity contribution in [3.8, 4) is 5.75 Å². The van der Waals surface area contributed by atoms with Gasteiger partial charge in [-0.15, -0.1) is 0 Å². The summed E-state index contributed by atoms with van der Waals surface area (Å²) in [5.41, 5.74) is 1.37. The van der Waals surface area contributed by atoms with E-state index in [1.165, 1.54) is 18.1 Å². The maximum Gasteiger partial charge on any atom is 0.308 e. The molecule has 0 saturated heterocycles. The molecule has 0 unspecified atom stereocenters. The number of esters is 1. The average molecular weight is 403 g/mol. The van der Waals surface area contributed by atoms with Gasteiger partial charge < -0.3 is 19.7 Å². The Hall–Kier alpha value is -3.06. The second kappa shape index (κ2) is 8.31. The summed E-state index contributed by atoms with van der Waals surface area (Å²) in [5, 5.41) is 3.08. The number of nitrogens with zero attached hydrogens (tertiary/aromatic N) is 1. The van der Waals surface area contributed by atoms with Crippen LogP contribution in [-0.2, 0) is 20.9 Å². The van der Waals surface area contributed by atoms with Crippen molar-refractivity contribution in [3.63, 3.8) is 0 Å². The van der Waals surface area contributed by atoms with Crippen LogP contribution in [0.15, 0.2) is 42.5 Å². The van der Waals surface area contributed by atoms with Gasteiger partial charge in [-0.2, -0.15) is 0 Å². The number of carbonyl (C=O) groups is 3. The zero-order chi connectivity index (χ0) is 20.3. The van der Waals surface area contributed by atoms with Crippen LogP contribution in [-0.4, -0.2) is 42.9 Å². The third-order valence-electron chi connectivity index (χ3n) is 4.48. The van der Waals surface area contributed by atoms with Gasteiger partial charge in [-0.1, -0.05) is 23.7 Å². The maximum absolute atomic E-state index is 13.2. The van der Waals surface area contributed by atoms with Crippen LogP contribution in [0.4, 0.5) is 5.69 Å². The lowest BCUT2D eigenvalue weighted by Crippen LogP contribution is -2.46. The first-order chi connectivity index (χ1) is 13.4. The van der Waals surface area contributed by atoms with Gasteiger partial charge in [0.1, 0.15) is 11.8 Å². The van der Waals surface area contributed by atoms with Gasteiger partial charge in [0, 0.05) is 11.6 Å². The largest absolute Gasteiger partial charge is 0.497 e. The summed E-state index contributed by atoms with van der Waals surface area (Å²) in [6, 6.07) is 10.8. The van der Waals surface area contributed by atoms with E-state index >= 15 is 0 Å². The van der Waals surface area contributed by atoms with Crippen LogP contribution >= 0.6 is 11.6 Å². The minimum Gasteiger partial charge on any atom is -0.497 e. The van der Waals surface area contributed by atoms with Gasteiger partial charge in [-0.05, 0) is 35.9 Å². The van der Waals surface area contributed by atoms with E-state index in [0.29, 0.717) is 22.0 Å². The Morgan fingerprint density at radius 1 is 1.18 bits per heavy atom. The van der Waals surface area contributed by atoms with Crippen molar-refractivity contribution in [1.82, 2.24) is 4.90 Å². The first kappa shape index (κ1) is 19.7. The Kier molecular flexibility index (Phi) is 5.84. The molecule has 2 amide bonds. The summed E-state index contributed by atoms with van der Waals surface area (Å²) in [4.78, 5) is 39.3. The van der Waals surface area contributed by atoms with Gasteiger partial charge in [0.15, 0.2) is 0 Å². The molecule has 1 aliphatic heterocycles. The minimum absolute atomic E-state index is 0.118. The summed E-state index contributed by atoms with van der Waals surface area (Å²) in [6.07, 6.45) is -0.264. The molecule has 8 heteroatoms. The molecule has 7 nitrogen and oxygen atoms in total. The molecule has 0 saturated carbocycles. The van der Waals surface area contributed by atoms with E-state index in [0.717, 1.165) is 5.56 Å². The lowest BCUT2D eigenvalue weighted by Gasteiger charge is -2.28. The topological polar surface area (TPSA) is 84.9 Å². The molecule has 2 aromatic carbocycles. The van der Waals surface area contributed by atoms with E-state index in [-0.39, 0.29) is 18.9 Å². The number of rotatable bonds is 5. The predicted molar refractivity (Wildman–Crippen MR) is 103 cm³/mol. The van der Waals surface area contributed by atoms with E-state index in [9.17, 15) is 14.4 Å². The van der Waals surface area contributed by atoms with Crippen LogP contribution in [0.3, 0.4) is 0 Å². The summed E-state index contributed by atoms with van der Waals surface area (Å²) < 4.78 is 9.93. The molecule has 28 heavy (non-hydrogen) atoms. The van der Waals surface area contributed by atoms with Crippen molar-refractivity contribution >= 4 is 35.1 Å². The normalized spacial score (nSPS) is 16.1. The third-order valence-corrected chi connectivity index (χ3v) is 4.72. The highest BCUT2D eigenvalue weighted by molar-refractivity contribution is 6.31. The average Bonchev–Trinajstić information content (AvgIpc) is 2.78. The lowest BCUT2D eigenvalue weighted by molar-refractivity contribution is -0.143. The van der Waals surface area contributed by atoms with Crippen molar-refractivity contribution in [3.05, 3.63) is 58.6 Å². The number of anilines is 1. The monoisotopic (exact) mass is 402 g/mol. The number of methoxy groups -OCH3 is 2. The summed E-state index contributed by atoms with van der Waals surface area (Å²) in [5.74, 6) is -0.835. The number of ether oxygens (including phenoxy) is 2. The molecule has 0 fully saturated rings. The smallest absolute Gasteiger partial charge is 0.308 e. The van der Waals surface area contributed by atoms with Gasteiger partial charge in [0.25, 0.3) is 5.91 Å². The lowest BCUT2D eigenvalue weighted by atomic mass is 10.1. The number of fused-ring (bicyclic) bond motifs is 1. The molecule has 0 aromatic heterocycles. The zero-order valence-corrected chi connectivity index (χ0v) is 16.2. The number of nitrogens with one attached hydrogen (secondary N) is 1. The number of carbonyl (C=O) groups excluding carboxylic acids is 3. The maximum atomic E-state index is 13.2. The van der Waals surface area contributed by atoms with Crippen LogP contribution in [0.2, 0.25) is 5.02 Å². The Morgan fingerprint density at radius 2 is 1.96 bits per heavy atom. The minimum atomic E-state index is -1.03. The van der Waals surface area contributed by atoms with Crippen molar-refractivity contribution < 1.29 is 23.9 Å². The van der Waals surface area contributed by atoms with Crippen molar-refractivity contribution in [2.45, 2.75) is 19.0 Å². The number of amides is 2. The number of hydrogen-bond acceptors (Lipinski definition) is 5. The Balaban J connectivity index is 2.03. The molecule has 0 aliphatic carbocycles. The van der Waals surface area contributed by atoms with Crippen LogP contribution in [0, 0.1) is 0 Å². The number of hydrogen-bond donors (Lipinski definition) is 1. The van der Waals surface area contributed by atoms with E-state index < -0.39 is 17.9 Å². The highest BCUT2D eigenvalue weighted by atomic mass is 35.5. The molecular formula is C20H19ClN2O5. The van der Waals surface area contributed by atoms with E-state index in [1.54, 1.807) is 37.4 Å². The van der Waals surface area contributed by atoms with Crippen molar-refractivity contribution in [1.29, 1.82) is 0 Å². The number of halogens is 1. The zero-order valence-electron chi connectivity index (χ0n) is 15.4. The first-order valence-electron chi connectivity index (χ1n) is 8.54. The van der Waals surface area contributed by atoms with Crippen LogP contribution in [0.5, 0.6) is 5.75 Å². The SMILES string of the molecule is COC(=O)C[C@H]1C(=O)Nc2cc(Cl)ccc2C(=O)N1Cc1cccc(OC)c1. The Bertz CT molecular complexity index is 931.